The van der Waals surface area contributed by atoms with Crippen molar-refractivity contribution in [1.82, 2.24) is 10.6 Å². The molecule has 0 saturated carbocycles. The average Bonchev–Trinajstić information content (AvgIpc) is 2.26. The molecule has 88 valence electrons. The lowest BCUT2D eigenvalue weighted by atomic mass is 10.2. The summed E-state index contributed by atoms with van der Waals surface area (Å²) >= 11 is 0. The molecule has 0 aliphatic rings. The van der Waals surface area contributed by atoms with Crippen molar-refractivity contribution in [3.8, 4) is 11.5 Å². The van der Waals surface area contributed by atoms with Crippen molar-refractivity contribution in [1.29, 1.82) is 0 Å². The average molecular weight is 224 g/mol. The van der Waals surface area contributed by atoms with Crippen molar-refractivity contribution in [2.45, 2.75) is 19.5 Å². The number of amides is 1. The van der Waals surface area contributed by atoms with E-state index in [1.165, 1.54) is 12.1 Å². The number of hydrogen-bond acceptors (Lipinski definition) is 4. The maximum atomic E-state index is 11.2. The smallest absolute Gasteiger partial charge is 0.236 e. The molecule has 5 nitrogen and oxygen atoms in total. The van der Waals surface area contributed by atoms with Gasteiger partial charge in [0.05, 0.1) is 6.04 Å². The Hall–Kier alpha value is -1.75. The van der Waals surface area contributed by atoms with Gasteiger partial charge in [-0.1, -0.05) is 6.07 Å². The zero-order chi connectivity index (χ0) is 12.1. The molecule has 4 N–H and O–H groups in total. The second kappa shape index (κ2) is 5.37. The zero-order valence-corrected chi connectivity index (χ0v) is 9.32. The van der Waals surface area contributed by atoms with Gasteiger partial charge in [-0.05, 0) is 13.0 Å². The monoisotopic (exact) mass is 224 g/mol. The first-order chi connectivity index (χ1) is 7.54. The lowest BCUT2D eigenvalue weighted by molar-refractivity contribution is -0.122. The molecule has 1 aromatic carbocycles. The summed E-state index contributed by atoms with van der Waals surface area (Å²) in [5, 5.41) is 24.1. The third-order valence-electron chi connectivity index (χ3n) is 2.31. The number of likely N-dealkylation sites (N-methyl/N-ethyl adjacent to an activating group) is 1. The van der Waals surface area contributed by atoms with Gasteiger partial charge in [0, 0.05) is 25.2 Å². The molecular formula is C11H16N2O3. The van der Waals surface area contributed by atoms with E-state index in [0.29, 0.717) is 12.1 Å². The van der Waals surface area contributed by atoms with E-state index in [4.69, 9.17) is 5.11 Å². The highest BCUT2D eigenvalue weighted by atomic mass is 16.3. The summed E-state index contributed by atoms with van der Waals surface area (Å²) in [4.78, 5) is 11.2. The molecule has 1 atom stereocenters. The van der Waals surface area contributed by atoms with Crippen LogP contribution in [-0.2, 0) is 11.3 Å². The van der Waals surface area contributed by atoms with Gasteiger partial charge in [0.1, 0.15) is 11.5 Å². The van der Waals surface area contributed by atoms with Crippen LogP contribution in [0.2, 0.25) is 0 Å². The summed E-state index contributed by atoms with van der Waals surface area (Å²) in [6, 6.07) is 4.02. The Labute approximate surface area is 94.1 Å². The topological polar surface area (TPSA) is 81.6 Å². The van der Waals surface area contributed by atoms with Gasteiger partial charge in [0.25, 0.3) is 0 Å². The molecule has 1 amide bonds. The lowest BCUT2D eigenvalue weighted by Gasteiger charge is -2.12. The number of hydrogen-bond donors (Lipinski definition) is 4. The second-order valence-corrected chi connectivity index (χ2v) is 3.53. The lowest BCUT2D eigenvalue weighted by Crippen LogP contribution is -2.40. The highest BCUT2D eigenvalue weighted by molar-refractivity contribution is 5.80. The fourth-order valence-corrected chi connectivity index (χ4v) is 1.27. The van der Waals surface area contributed by atoms with Gasteiger partial charge in [-0.3, -0.25) is 4.79 Å². The molecule has 0 spiro atoms. The summed E-state index contributed by atoms with van der Waals surface area (Å²) in [7, 11) is 1.57. The molecule has 0 aliphatic carbocycles. The quantitative estimate of drug-likeness (QED) is 0.594. The molecule has 0 aliphatic heterocycles. The van der Waals surface area contributed by atoms with E-state index in [1.54, 1.807) is 20.0 Å². The number of phenols is 2. The Kier molecular flexibility index (Phi) is 4.13. The van der Waals surface area contributed by atoms with Crippen LogP contribution in [0, 0.1) is 0 Å². The molecule has 0 heterocycles. The van der Waals surface area contributed by atoms with E-state index in [9.17, 15) is 9.90 Å². The predicted molar refractivity (Wildman–Crippen MR) is 60.1 cm³/mol. The first kappa shape index (κ1) is 12.3. The summed E-state index contributed by atoms with van der Waals surface area (Å²) in [6.45, 7) is 2.09. The van der Waals surface area contributed by atoms with Crippen LogP contribution < -0.4 is 10.6 Å². The minimum Gasteiger partial charge on any atom is -0.508 e. The molecule has 0 aromatic heterocycles. The molecule has 5 heteroatoms. The van der Waals surface area contributed by atoms with E-state index in [0.717, 1.165) is 0 Å². The van der Waals surface area contributed by atoms with Crippen LogP contribution >= 0.6 is 0 Å². The van der Waals surface area contributed by atoms with Gasteiger partial charge in [0.2, 0.25) is 5.91 Å². The van der Waals surface area contributed by atoms with E-state index in [1.807, 2.05) is 0 Å². The fourth-order valence-electron chi connectivity index (χ4n) is 1.27. The van der Waals surface area contributed by atoms with Crippen LogP contribution in [0.15, 0.2) is 18.2 Å². The molecule has 1 unspecified atom stereocenters. The minimum absolute atomic E-state index is 0.0107. The Morgan fingerprint density at radius 1 is 1.44 bits per heavy atom. The van der Waals surface area contributed by atoms with E-state index < -0.39 is 0 Å². The highest BCUT2D eigenvalue weighted by Crippen LogP contribution is 2.22. The van der Waals surface area contributed by atoms with Gasteiger partial charge in [-0.2, -0.15) is 0 Å². The number of carbonyl (C=O) groups is 1. The van der Waals surface area contributed by atoms with Crippen LogP contribution in [0.1, 0.15) is 12.5 Å². The van der Waals surface area contributed by atoms with E-state index in [-0.39, 0.29) is 23.4 Å². The summed E-state index contributed by atoms with van der Waals surface area (Å²) in [5.41, 5.74) is 0.633. The number of phenolic OH excluding ortho intramolecular Hbond substituents is 2. The fraction of sp³-hybridized carbons (Fsp3) is 0.364. The molecule has 1 aromatic rings. The Morgan fingerprint density at radius 2 is 2.12 bits per heavy atom. The predicted octanol–water partition coefficient (Wildman–Crippen LogP) is 0.322. The summed E-state index contributed by atoms with van der Waals surface area (Å²) in [6.07, 6.45) is 0. The number of carbonyl (C=O) groups excluding carboxylic acids is 1. The van der Waals surface area contributed by atoms with Crippen molar-refractivity contribution >= 4 is 5.91 Å². The van der Waals surface area contributed by atoms with Gasteiger partial charge >= 0.3 is 0 Å². The third-order valence-corrected chi connectivity index (χ3v) is 2.31. The summed E-state index contributed by atoms with van der Waals surface area (Å²) in [5.74, 6) is -0.0875. The van der Waals surface area contributed by atoms with Crippen molar-refractivity contribution in [2.75, 3.05) is 7.05 Å². The molecule has 1 rings (SSSR count). The molecule has 0 bridgehead atoms. The van der Waals surface area contributed by atoms with Gasteiger partial charge < -0.3 is 20.8 Å². The molecule has 0 radical (unpaired) electrons. The normalized spacial score (nSPS) is 12.1. The molecular weight excluding hydrogens is 208 g/mol. The molecule has 0 fully saturated rings. The standard InChI is InChI=1S/C11H16N2O3/c1-7(11(16)12-2)13-6-8-3-4-9(14)5-10(8)15/h3-5,7,13-15H,6H2,1-2H3,(H,12,16). The van der Waals surface area contributed by atoms with Crippen molar-refractivity contribution < 1.29 is 15.0 Å². The SMILES string of the molecule is CNC(=O)C(C)NCc1ccc(O)cc1O. The maximum absolute atomic E-state index is 11.2. The van der Waals surface area contributed by atoms with Crippen molar-refractivity contribution in [2.24, 2.45) is 0 Å². The first-order valence-electron chi connectivity index (χ1n) is 5.00. The number of rotatable bonds is 4. The van der Waals surface area contributed by atoms with Gasteiger partial charge in [-0.25, -0.2) is 0 Å². The third kappa shape index (κ3) is 3.13. The highest BCUT2D eigenvalue weighted by Gasteiger charge is 2.10. The van der Waals surface area contributed by atoms with Gasteiger partial charge in [0.15, 0.2) is 0 Å². The van der Waals surface area contributed by atoms with Crippen LogP contribution in [0.3, 0.4) is 0 Å². The van der Waals surface area contributed by atoms with Crippen molar-refractivity contribution in [3.05, 3.63) is 23.8 Å². The Balaban J connectivity index is 2.58. The molecule has 16 heavy (non-hydrogen) atoms. The molecule has 0 saturated heterocycles. The van der Waals surface area contributed by atoms with Crippen LogP contribution in [0.25, 0.3) is 0 Å². The Bertz CT molecular complexity index is 379. The van der Waals surface area contributed by atoms with Crippen LogP contribution in [-0.4, -0.2) is 29.2 Å². The number of nitrogens with one attached hydrogen (secondary N) is 2. The van der Waals surface area contributed by atoms with Crippen molar-refractivity contribution in [3.63, 3.8) is 0 Å². The summed E-state index contributed by atoms with van der Waals surface area (Å²) < 4.78 is 0. The largest absolute Gasteiger partial charge is 0.508 e. The maximum Gasteiger partial charge on any atom is 0.236 e. The minimum atomic E-state index is -0.335. The zero-order valence-electron chi connectivity index (χ0n) is 9.32. The van der Waals surface area contributed by atoms with Gasteiger partial charge in [-0.15, -0.1) is 0 Å². The number of aromatic hydroxyl groups is 2. The second-order valence-electron chi connectivity index (χ2n) is 3.53. The number of benzene rings is 1. The van der Waals surface area contributed by atoms with Crippen LogP contribution in [0.4, 0.5) is 0 Å². The first-order valence-corrected chi connectivity index (χ1v) is 5.00. The Morgan fingerprint density at radius 3 is 2.69 bits per heavy atom. The van der Waals surface area contributed by atoms with E-state index >= 15 is 0 Å². The van der Waals surface area contributed by atoms with Crippen LogP contribution in [0.5, 0.6) is 11.5 Å². The van der Waals surface area contributed by atoms with E-state index in [2.05, 4.69) is 10.6 Å².